The number of rotatable bonds is 4. The minimum absolute atomic E-state index is 0.724. The molecule has 1 saturated carbocycles. The lowest BCUT2D eigenvalue weighted by molar-refractivity contribution is 0.289. The highest BCUT2D eigenvalue weighted by Gasteiger charge is 2.35. The van der Waals surface area contributed by atoms with Crippen molar-refractivity contribution in [2.45, 2.75) is 51.6 Å². The Hall–Kier alpha value is -0.0800. The van der Waals surface area contributed by atoms with Crippen LogP contribution < -0.4 is 10.6 Å². The maximum Gasteiger partial charge on any atom is 0.0218 e. The van der Waals surface area contributed by atoms with E-state index in [4.69, 9.17) is 0 Å². The zero-order valence-electron chi connectivity index (χ0n) is 9.55. The van der Waals surface area contributed by atoms with Crippen molar-refractivity contribution in [2.75, 3.05) is 13.1 Å². The lowest BCUT2D eigenvalue weighted by atomic mass is 9.93. The van der Waals surface area contributed by atoms with Crippen LogP contribution in [0.3, 0.4) is 0 Å². The summed E-state index contributed by atoms with van der Waals surface area (Å²) in [5.74, 6) is 1.84. The first-order chi connectivity index (χ1) is 6.81. The highest BCUT2D eigenvalue weighted by atomic mass is 15.0. The van der Waals surface area contributed by atoms with Crippen LogP contribution in [0, 0.1) is 11.8 Å². The van der Waals surface area contributed by atoms with Crippen molar-refractivity contribution >= 4 is 0 Å². The van der Waals surface area contributed by atoms with Crippen molar-refractivity contribution in [3.8, 4) is 0 Å². The van der Waals surface area contributed by atoms with E-state index >= 15 is 0 Å². The number of hydrogen-bond acceptors (Lipinski definition) is 2. The monoisotopic (exact) mass is 196 g/mol. The molecule has 2 aliphatic rings. The molecule has 0 amide bonds. The Morgan fingerprint density at radius 1 is 1.43 bits per heavy atom. The van der Waals surface area contributed by atoms with Gasteiger partial charge in [0.25, 0.3) is 0 Å². The van der Waals surface area contributed by atoms with E-state index < -0.39 is 0 Å². The first-order valence-corrected chi connectivity index (χ1v) is 6.28. The molecule has 1 heterocycles. The van der Waals surface area contributed by atoms with Gasteiger partial charge in [0.15, 0.2) is 0 Å². The zero-order valence-corrected chi connectivity index (χ0v) is 9.55. The van der Waals surface area contributed by atoms with Crippen LogP contribution in [0.5, 0.6) is 0 Å². The minimum atomic E-state index is 0.724. The molecule has 0 radical (unpaired) electrons. The Labute approximate surface area is 87.8 Å². The van der Waals surface area contributed by atoms with Gasteiger partial charge in [-0.25, -0.2) is 0 Å². The Bertz CT molecular complexity index is 181. The van der Waals surface area contributed by atoms with E-state index in [-0.39, 0.29) is 0 Å². The van der Waals surface area contributed by atoms with E-state index in [2.05, 4.69) is 24.5 Å². The van der Waals surface area contributed by atoms with Crippen LogP contribution in [0.4, 0.5) is 0 Å². The molecule has 2 rings (SSSR count). The highest BCUT2D eigenvalue weighted by molar-refractivity contribution is 4.93. The maximum atomic E-state index is 3.70. The summed E-state index contributed by atoms with van der Waals surface area (Å²) < 4.78 is 0. The highest BCUT2D eigenvalue weighted by Crippen LogP contribution is 2.33. The van der Waals surface area contributed by atoms with Crippen LogP contribution in [-0.2, 0) is 0 Å². The smallest absolute Gasteiger partial charge is 0.0218 e. The first-order valence-electron chi connectivity index (χ1n) is 6.28. The molecule has 2 fully saturated rings. The Kier molecular flexibility index (Phi) is 3.45. The first kappa shape index (κ1) is 10.4. The molecule has 1 aliphatic heterocycles. The van der Waals surface area contributed by atoms with Gasteiger partial charge in [-0.15, -0.1) is 0 Å². The molecule has 2 nitrogen and oxygen atoms in total. The van der Waals surface area contributed by atoms with E-state index in [1.165, 1.54) is 38.8 Å². The second kappa shape index (κ2) is 4.63. The predicted molar refractivity (Wildman–Crippen MR) is 60.4 cm³/mol. The summed E-state index contributed by atoms with van der Waals surface area (Å²) in [7, 11) is 0. The van der Waals surface area contributed by atoms with Gasteiger partial charge in [0.05, 0.1) is 0 Å². The van der Waals surface area contributed by atoms with Crippen LogP contribution >= 0.6 is 0 Å². The van der Waals surface area contributed by atoms with Crippen LogP contribution in [0.1, 0.15) is 39.5 Å². The van der Waals surface area contributed by atoms with Gasteiger partial charge in [0.1, 0.15) is 0 Å². The topological polar surface area (TPSA) is 24.1 Å². The molecule has 2 N–H and O–H groups in total. The summed E-state index contributed by atoms with van der Waals surface area (Å²) in [6.45, 7) is 7.08. The van der Waals surface area contributed by atoms with Crippen LogP contribution in [0.25, 0.3) is 0 Å². The van der Waals surface area contributed by atoms with Crippen molar-refractivity contribution in [1.82, 2.24) is 10.6 Å². The minimum Gasteiger partial charge on any atom is -0.312 e. The normalized spacial score (nSPS) is 42.4. The molecule has 0 bridgehead atoms. The Morgan fingerprint density at radius 3 is 2.93 bits per heavy atom. The van der Waals surface area contributed by atoms with Gasteiger partial charge < -0.3 is 10.6 Å². The van der Waals surface area contributed by atoms with E-state index in [9.17, 15) is 0 Å². The third-order valence-electron chi connectivity index (χ3n) is 3.98. The Balaban J connectivity index is 1.64. The summed E-state index contributed by atoms with van der Waals surface area (Å²) >= 11 is 0. The zero-order chi connectivity index (χ0) is 9.97. The maximum absolute atomic E-state index is 3.70. The molecule has 0 spiro atoms. The van der Waals surface area contributed by atoms with Gasteiger partial charge in [-0.3, -0.25) is 0 Å². The average Bonchev–Trinajstić information content (AvgIpc) is 2.95. The molecule has 2 heteroatoms. The molecule has 4 unspecified atom stereocenters. The molecular weight excluding hydrogens is 172 g/mol. The van der Waals surface area contributed by atoms with Gasteiger partial charge in [-0.1, -0.05) is 20.3 Å². The summed E-state index contributed by atoms with van der Waals surface area (Å²) in [6, 6.07) is 1.57. The van der Waals surface area contributed by atoms with E-state index in [1.807, 2.05) is 0 Å². The summed E-state index contributed by atoms with van der Waals surface area (Å²) in [5.41, 5.74) is 0. The van der Waals surface area contributed by atoms with Gasteiger partial charge in [0.2, 0.25) is 0 Å². The van der Waals surface area contributed by atoms with Gasteiger partial charge in [-0.2, -0.15) is 0 Å². The number of nitrogens with one attached hydrogen (secondary N) is 2. The standard InChI is InChI=1S/C12H24N2/c1-3-10-7-11(10)14-8-12-9(2)5-4-6-13-12/h9-14H,3-8H2,1-2H3. The molecule has 0 aromatic rings. The molecular formula is C12H24N2. The second-order valence-corrected chi connectivity index (χ2v) is 5.10. The van der Waals surface area contributed by atoms with Crippen molar-refractivity contribution in [3.63, 3.8) is 0 Å². The molecule has 14 heavy (non-hydrogen) atoms. The lowest BCUT2D eigenvalue weighted by Gasteiger charge is -2.30. The number of piperidine rings is 1. The predicted octanol–water partition coefficient (Wildman–Crippen LogP) is 1.76. The molecule has 0 aromatic carbocycles. The fourth-order valence-electron chi connectivity index (χ4n) is 2.61. The van der Waals surface area contributed by atoms with E-state index in [1.54, 1.807) is 0 Å². The molecule has 82 valence electrons. The van der Waals surface area contributed by atoms with Crippen LogP contribution in [-0.4, -0.2) is 25.2 Å². The van der Waals surface area contributed by atoms with Crippen LogP contribution in [0.15, 0.2) is 0 Å². The number of hydrogen-bond donors (Lipinski definition) is 2. The molecule has 1 aliphatic carbocycles. The van der Waals surface area contributed by atoms with Crippen molar-refractivity contribution in [1.29, 1.82) is 0 Å². The lowest BCUT2D eigenvalue weighted by Crippen LogP contribution is -2.47. The van der Waals surface area contributed by atoms with Gasteiger partial charge in [0, 0.05) is 18.6 Å². The Morgan fingerprint density at radius 2 is 2.29 bits per heavy atom. The third kappa shape index (κ3) is 2.48. The quantitative estimate of drug-likeness (QED) is 0.716. The summed E-state index contributed by atoms with van der Waals surface area (Å²) in [4.78, 5) is 0. The second-order valence-electron chi connectivity index (χ2n) is 5.10. The van der Waals surface area contributed by atoms with Crippen molar-refractivity contribution < 1.29 is 0 Å². The largest absolute Gasteiger partial charge is 0.312 e. The van der Waals surface area contributed by atoms with Crippen molar-refractivity contribution in [2.24, 2.45) is 11.8 Å². The third-order valence-corrected chi connectivity index (χ3v) is 3.98. The van der Waals surface area contributed by atoms with E-state index in [0.29, 0.717) is 0 Å². The fourth-order valence-corrected chi connectivity index (χ4v) is 2.61. The summed E-state index contributed by atoms with van der Waals surface area (Å²) in [5, 5.41) is 7.32. The van der Waals surface area contributed by atoms with Crippen molar-refractivity contribution in [3.05, 3.63) is 0 Å². The molecule has 4 atom stereocenters. The van der Waals surface area contributed by atoms with E-state index in [0.717, 1.165) is 23.9 Å². The fraction of sp³-hybridized carbons (Fsp3) is 1.00. The molecule has 0 aromatic heterocycles. The summed E-state index contributed by atoms with van der Waals surface area (Å²) in [6.07, 6.45) is 5.53. The molecule has 1 saturated heterocycles. The van der Waals surface area contributed by atoms with Gasteiger partial charge >= 0.3 is 0 Å². The average molecular weight is 196 g/mol. The SMILES string of the molecule is CCC1CC1NCC1NCCCC1C. The van der Waals surface area contributed by atoms with Gasteiger partial charge in [-0.05, 0) is 37.6 Å². The van der Waals surface area contributed by atoms with Crippen LogP contribution in [0.2, 0.25) is 0 Å².